The van der Waals surface area contributed by atoms with Gasteiger partial charge in [-0.05, 0) is 36.8 Å². The van der Waals surface area contributed by atoms with Crippen molar-refractivity contribution in [2.24, 2.45) is 0 Å². The number of benzene rings is 2. The fourth-order valence-electron chi connectivity index (χ4n) is 3.05. The molecule has 0 bridgehead atoms. The summed E-state index contributed by atoms with van der Waals surface area (Å²) >= 11 is 0. The first kappa shape index (κ1) is 16.8. The fourth-order valence-corrected chi connectivity index (χ4v) is 3.05. The van der Waals surface area contributed by atoms with E-state index in [1.54, 1.807) is 24.3 Å². The molecule has 2 aromatic carbocycles. The lowest BCUT2D eigenvalue weighted by Gasteiger charge is -2.08. The molecule has 0 fully saturated rings. The highest BCUT2D eigenvalue weighted by Gasteiger charge is 2.09. The van der Waals surface area contributed by atoms with E-state index in [4.69, 9.17) is 0 Å². The number of carbonyl (C=O) groups is 1. The summed E-state index contributed by atoms with van der Waals surface area (Å²) in [7, 11) is 0. The minimum atomic E-state index is -0.299. The summed E-state index contributed by atoms with van der Waals surface area (Å²) in [4.78, 5) is 45.7. The molecule has 0 unspecified atom stereocenters. The van der Waals surface area contributed by atoms with Crippen LogP contribution in [0.2, 0.25) is 0 Å². The molecular formula is C19H17N5O3. The minimum absolute atomic E-state index is 0.126. The van der Waals surface area contributed by atoms with Crippen LogP contribution in [0.15, 0.2) is 52.3 Å². The van der Waals surface area contributed by atoms with Crippen molar-refractivity contribution in [3.63, 3.8) is 0 Å². The molecule has 0 aliphatic rings. The SMILES string of the molecule is Cc1cccc2c(=O)n(CCC(=O)Nc3ccc4[nH]c(=O)[nH]c4c3)cnc12. The number of para-hydroxylation sites is 1. The third kappa shape index (κ3) is 3.24. The second kappa shape index (κ2) is 6.56. The van der Waals surface area contributed by atoms with Gasteiger partial charge in [-0.1, -0.05) is 12.1 Å². The van der Waals surface area contributed by atoms with E-state index in [1.165, 1.54) is 10.9 Å². The molecular weight excluding hydrogens is 346 g/mol. The normalized spacial score (nSPS) is 11.1. The second-order valence-corrected chi connectivity index (χ2v) is 6.35. The third-order valence-corrected chi connectivity index (χ3v) is 4.43. The molecule has 4 rings (SSSR count). The Hall–Kier alpha value is -3.68. The lowest BCUT2D eigenvalue weighted by Crippen LogP contribution is -2.23. The van der Waals surface area contributed by atoms with Crippen molar-refractivity contribution in [2.45, 2.75) is 19.9 Å². The number of amides is 1. The number of nitrogens with zero attached hydrogens (tertiary/aromatic N) is 2. The molecule has 0 saturated carbocycles. The van der Waals surface area contributed by atoms with Gasteiger partial charge in [-0.3, -0.25) is 14.2 Å². The zero-order valence-corrected chi connectivity index (χ0v) is 14.6. The topological polar surface area (TPSA) is 113 Å². The minimum Gasteiger partial charge on any atom is -0.326 e. The standard InChI is InChI=1S/C19H17N5O3/c1-11-3-2-4-13-17(11)20-10-24(18(13)26)8-7-16(25)21-12-5-6-14-15(9-12)23-19(27)22-14/h2-6,9-10H,7-8H2,1H3,(H,21,25)(H2,22,23,27). The fraction of sp³-hybridized carbons (Fsp3) is 0.158. The van der Waals surface area contributed by atoms with E-state index in [0.29, 0.717) is 27.6 Å². The molecule has 0 radical (unpaired) electrons. The van der Waals surface area contributed by atoms with Crippen molar-refractivity contribution >= 4 is 33.5 Å². The van der Waals surface area contributed by atoms with Gasteiger partial charge in [-0.25, -0.2) is 9.78 Å². The molecule has 8 nitrogen and oxygen atoms in total. The van der Waals surface area contributed by atoms with Crippen molar-refractivity contribution in [3.05, 3.63) is 69.1 Å². The van der Waals surface area contributed by atoms with Crippen LogP contribution in [0.1, 0.15) is 12.0 Å². The van der Waals surface area contributed by atoms with Crippen LogP contribution in [0.3, 0.4) is 0 Å². The maximum absolute atomic E-state index is 12.6. The van der Waals surface area contributed by atoms with E-state index < -0.39 is 0 Å². The number of anilines is 1. The smallest absolute Gasteiger partial charge is 0.323 e. The van der Waals surface area contributed by atoms with Crippen LogP contribution in [0.5, 0.6) is 0 Å². The number of carbonyl (C=O) groups excluding carboxylic acids is 1. The van der Waals surface area contributed by atoms with Gasteiger partial charge in [0.25, 0.3) is 5.56 Å². The third-order valence-electron chi connectivity index (χ3n) is 4.43. The average Bonchev–Trinajstić information content (AvgIpc) is 3.01. The molecule has 0 aliphatic heterocycles. The Balaban J connectivity index is 1.48. The summed E-state index contributed by atoms with van der Waals surface area (Å²) in [6, 6.07) is 10.6. The number of fused-ring (bicyclic) bond motifs is 2. The zero-order valence-electron chi connectivity index (χ0n) is 14.6. The predicted molar refractivity (Wildman–Crippen MR) is 103 cm³/mol. The van der Waals surface area contributed by atoms with E-state index >= 15 is 0 Å². The van der Waals surface area contributed by atoms with Gasteiger partial charge in [0.2, 0.25) is 5.91 Å². The van der Waals surface area contributed by atoms with Crippen LogP contribution in [0, 0.1) is 6.92 Å². The number of aryl methyl sites for hydroxylation is 2. The number of aromatic nitrogens is 4. The number of hydrogen-bond donors (Lipinski definition) is 3. The zero-order chi connectivity index (χ0) is 19.0. The van der Waals surface area contributed by atoms with Crippen LogP contribution in [-0.2, 0) is 11.3 Å². The highest BCUT2D eigenvalue weighted by molar-refractivity contribution is 5.93. The Morgan fingerprint density at radius 2 is 1.96 bits per heavy atom. The molecule has 3 N–H and O–H groups in total. The Morgan fingerprint density at radius 3 is 2.81 bits per heavy atom. The number of rotatable bonds is 4. The molecule has 0 atom stereocenters. The highest BCUT2D eigenvalue weighted by Crippen LogP contribution is 2.15. The molecule has 136 valence electrons. The number of H-pyrrole nitrogens is 2. The summed E-state index contributed by atoms with van der Waals surface area (Å²) in [5.41, 5.74) is 3.01. The van der Waals surface area contributed by atoms with Gasteiger partial charge in [0.05, 0.1) is 28.3 Å². The Kier molecular flexibility index (Phi) is 4.08. The maximum atomic E-state index is 12.6. The second-order valence-electron chi connectivity index (χ2n) is 6.35. The summed E-state index contributed by atoms with van der Waals surface area (Å²) in [5, 5.41) is 3.31. The molecule has 1 amide bonds. The molecule has 2 heterocycles. The molecule has 8 heteroatoms. The van der Waals surface area contributed by atoms with Gasteiger partial charge < -0.3 is 15.3 Å². The first-order valence-electron chi connectivity index (χ1n) is 8.48. The molecule has 2 aromatic heterocycles. The Morgan fingerprint density at radius 1 is 1.15 bits per heavy atom. The van der Waals surface area contributed by atoms with E-state index in [9.17, 15) is 14.4 Å². The maximum Gasteiger partial charge on any atom is 0.323 e. The van der Waals surface area contributed by atoms with Crippen molar-refractivity contribution < 1.29 is 4.79 Å². The number of nitrogens with one attached hydrogen (secondary N) is 3. The van der Waals surface area contributed by atoms with E-state index in [0.717, 1.165) is 5.56 Å². The summed E-state index contributed by atoms with van der Waals surface area (Å²) in [5.74, 6) is -0.233. The molecule has 0 aliphatic carbocycles. The van der Waals surface area contributed by atoms with Gasteiger partial charge in [0, 0.05) is 18.7 Å². The van der Waals surface area contributed by atoms with Crippen molar-refractivity contribution in [1.82, 2.24) is 19.5 Å². The van der Waals surface area contributed by atoms with Gasteiger partial charge in [0.1, 0.15) is 0 Å². The lowest BCUT2D eigenvalue weighted by atomic mass is 10.1. The van der Waals surface area contributed by atoms with Crippen LogP contribution >= 0.6 is 0 Å². The summed E-state index contributed by atoms with van der Waals surface area (Å²) in [6.45, 7) is 2.13. The van der Waals surface area contributed by atoms with Gasteiger partial charge in [-0.2, -0.15) is 0 Å². The quantitative estimate of drug-likeness (QED) is 0.514. The first-order valence-corrected chi connectivity index (χ1v) is 8.48. The van der Waals surface area contributed by atoms with Gasteiger partial charge >= 0.3 is 5.69 Å². The molecule has 0 saturated heterocycles. The number of hydrogen-bond acceptors (Lipinski definition) is 4. The van der Waals surface area contributed by atoms with E-state index in [1.807, 2.05) is 19.1 Å². The van der Waals surface area contributed by atoms with Crippen molar-refractivity contribution in [3.8, 4) is 0 Å². The number of aromatic amines is 2. The molecule has 4 aromatic rings. The number of imidazole rings is 1. The van der Waals surface area contributed by atoms with Gasteiger partial charge in [0.15, 0.2) is 0 Å². The summed E-state index contributed by atoms with van der Waals surface area (Å²) < 4.78 is 1.44. The predicted octanol–water partition coefficient (Wildman–Crippen LogP) is 1.90. The average molecular weight is 363 g/mol. The molecule has 27 heavy (non-hydrogen) atoms. The van der Waals surface area contributed by atoms with Crippen LogP contribution in [-0.4, -0.2) is 25.4 Å². The first-order chi connectivity index (χ1) is 13.0. The van der Waals surface area contributed by atoms with Crippen LogP contribution in [0.25, 0.3) is 21.9 Å². The van der Waals surface area contributed by atoms with Crippen LogP contribution in [0.4, 0.5) is 5.69 Å². The lowest BCUT2D eigenvalue weighted by molar-refractivity contribution is -0.116. The summed E-state index contributed by atoms with van der Waals surface area (Å²) in [6.07, 6.45) is 1.60. The van der Waals surface area contributed by atoms with E-state index in [2.05, 4.69) is 20.3 Å². The Bertz CT molecular complexity index is 1280. The van der Waals surface area contributed by atoms with Crippen LogP contribution < -0.4 is 16.6 Å². The largest absolute Gasteiger partial charge is 0.326 e. The van der Waals surface area contributed by atoms with Gasteiger partial charge in [-0.15, -0.1) is 0 Å². The Labute approximate surface area is 152 Å². The monoisotopic (exact) mass is 363 g/mol. The van der Waals surface area contributed by atoms with Crippen molar-refractivity contribution in [1.29, 1.82) is 0 Å². The van der Waals surface area contributed by atoms with Crippen molar-refractivity contribution in [2.75, 3.05) is 5.32 Å². The highest BCUT2D eigenvalue weighted by atomic mass is 16.2. The molecule has 0 spiro atoms. The van der Waals surface area contributed by atoms with E-state index in [-0.39, 0.29) is 30.1 Å².